The van der Waals surface area contributed by atoms with Crippen molar-refractivity contribution in [2.75, 3.05) is 0 Å². The van der Waals surface area contributed by atoms with Crippen molar-refractivity contribution in [3.63, 3.8) is 0 Å². The standard InChI is InChI=1S/C36H28O4/c1-6-24-25(7-2)28(16-15-27(24)30-19-22-10-8-9-11-32(22)39-34(30)37)31-20-29-26-14-13-23(36(3,4)5)18-21(26)12-17-33(29)40-35(31)38/h6-20H,1-2H2,3-5H3. The van der Waals surface area contributed by atoms with E-state index in [1.54, 1.807) is 18.2 Å². The molecule has 0 radical (unpaired) electrons. The normalized spacial score (nSPS) is 11.8. The third-order valence-electron chi connectivity index (χ3n) is 7.52. The van der Waals surface area contributed by atoms with Crippen LogP contribution in [0.25, 0.3) is 67.1 Å². The van der Waals surface area contributed by atoms with Gasteiger partial charge in [-0.2, -0.15) is 0 Å². The zero-order valence-corrected chi connectivity index (χ0v) is 22.7. The Bertz CT molecular complexity index is 2120. The lowest BCUT2D eigenvalue weighted by atomic mass is 9.85. The Morgan fingerprint density at radius 3 is 1.88 bits per heavy atom. The topological polar surface area (TPSA) is 60.4 Å². The summed E-state index contributed by atoms with van der Waals surface area (Å²) in [6.45, 7) is 14.6. The van der Waals surface area contributed by atoms with Crippen LogP contribution in [0.3, 0.4) is 0 Å². The van der Waals surface area contributed by atoms with Crippen LogP contribution in [0.2, 0.25) is 0 Å². The van der Waals surface area contributed by atoms with Gasteiger partial charge in [0.05, 0.1) is 11.1 Å². The molecule has 4 heteroatoms. The zero-order valence-electron chi connectivity index (χ0n) is 22.7. The van der Waals surface area contributed by atoms with E-state index in [0.717, 1.165) is 21.5 Å². The third kappa shape index (κ3) is 4.09. The van der Waals surface area contributed by atoms with Crippen LogP contribution in [-0.4, -0.2) is 0 Å². The molecule has 0 N–H and O–H groups in total. The summed E-state index contributed by atoms with van der Waals surface area (Å²) < 4.78 is 11.4. The molecule has 0 saturated carbocycles. The van der Waals surface area contributed by atoms with Crippen molar-refractivity contribution in [3.05, 3.63) is 130 Å². The Kier molecular flexibility index (Phi) is 5.92. The van der Waals surface area contributed by atoms with Crippen LogP contribution in [0.5, 0.6) is 0 Å². The molecule has 4 nitrogen and oxygen atoms in total. The lowest BCUT2D eigenvalue weighted by molar-refractivity contribution is 0.563. The minimum absolute atomic E-state index is 0.0154. The fourth-order valence-corrected chi connectivity index (χ4v) is 5.38. The maximum atomic E-state index is 13.3. The minimum Gasteiger partial charge on any atom is -0.422 e. The van der Waals surface area contributed by atoms with Gasteiger partial charge in [-0.05, 0) is 68.3 Å². The smallest absolute Gasteiger partial charge is 0.344 e. The first kappa shape index (κ1) is 25.3. The number of fused-ring (bicyclic) bond motifs is 4. The predicted octanol–water partition coefficient (Wildman–Crippen LogP) is 8.97. The Hall–Kier alpha value is -4.96. The van der Waals surface area contributed by atoms with Gasteiger partial charge in [0.1, 0.15) is 11.2 Å². The van der Waals surface area contributed by atoms with E-state index in [9.17, 15) is 9.59 Å². The molecular formula is C36H28O4. The molecule has 196 valence electrons. The molecule has 0 aliphatic rings. The van der Waals surface area contributed by atoms with Crippen LogP contribution < -0.4 is 11.3 Å². The Labute approximate surface area is 231 Å². The van der Waals surface area contributed by atoms with Crippen LogP contribution >= 0.6 is 0 Å². The Morgan fingerprint density at radius 2 is 1.23 bits per heavy atom. The maximum Gasteiger partial charge on any atom is 0.344 e. The van der Waals surface area contributed by atoms with E-state index in [0.29, 0.717) is 44.5 Å². The van der Waals surface area contributed by atoms with Gasteiger partial charge in [-0.3, -0.25) is 0 Å². The van der Waals surface area contributed by atoms with E-state index >= 15 is 0 Å². The third-order valence-corrected chi connectivity index (χ3v) is 7.52. The fraction of sp³-hybridized carbons (Fsp3) is 0.111. The molecule has 0 bridgehead atoms. The molecule has 0 saturated heterocycles. The first-order valence-corrected chi connectivity index (χ1v) is 13.2. The average molecular weight is 525 g/mol. The van der Waals surface area contributed by atoms with Crippen molar-refractivity contribution in [3.8, 4) is 22.3 Å². The summed E-state index contributed by atoms with van der Waals surface area (Å²) in [6, 6.07) is 25.0. The summed E-state index contributed by atoms with van der Waals surface area (Å²) in [4.78, 5) is 26.3. The van der Waals surface area contributed by atoms with Crippen LogP contribution in [0.4, 0.5) is 0 Å². The summed E-state index contributed by atoms with van der Waals surface area (Å²) in [5.74, 6) is 0. The number of hydrogen-bond donors (Lipinski definition) is 0. The van der Waals surface area contributed by atoms with Gasteiger partial charge in [0.15, 0.2) is 0 Å². The van der Waals surface area contributed by atoms with Gasteiger partial charge in [-0.1, -0.05) is 101 Å². The van der Waals surface area contributed by atoms with Gasteiger partial charge in [-0.15, -0.1) is 0 Å². The molecule has 0 aliphatic heterocycles. The number of benzene rings is 4. The van der Waals surface area contributed by atoms with Gasteiger partial charge >= 0.3 is 11.3 Å². The monoisotopic (exact) mass is 524 g/mol. The van der Waals surface area contributed by atoms with Crippen molar-refractivity contribution >= 4 is 44.9 Å². The quantitative estimate of drug-likeness (QED) is 0.171. The number of para-hydroxylation sites is 1. The summed E-state index contributed by atoms with van der Waals surface area (Å²) in [5, 5.41) is 3.74. The van der Waals surface area contributed by atoms with E-state index in [-0.39, 0.29) is 5.41 Å². The lowest BCUT2D eigenvalue weighted by Gasteiger charge is -2.19. The zero-order chi connectivity index (χ0) is 28.2. The van der Waals surface area contributed by atoms with Crippen LogP contribution in [-0.2, 0) is 5.41 Å². The first-order chi connectivity index (χ1) is 19.2. The van der Waals surface area contributed by atoms with Crippen LogP contribution in [0, 0.1) is 0 Å². The molecule has 6 rings (SSSR count). The molecule has 2 aromatic heterocycles. The maximum absolute atomic E-state index is 13.3. The van der Waals surface area contributed by atoms with Gasteiger partial charge < -0.3 is 8.83 Å². The summed E-state index contributed by atoms with van der Waals surface area (Å²) in [7, 11) is 0. The van der Waals surface area contributed by atoms with E-state index in [2.05, 4.69) is 52.1 Å². The highest BCUT2D eigenvalue weighted by Crippen LogP contribution is 2.36. The molecule has 0 amide bonds. The molecule has 0 spiro atoms. The van der Waals surface area contributed by atoms with E-state index in [4.69, 9.17) is 8.83 Å². The van der Waals surface area contributed by atoms with Gasteiger partial charge in [0.25, 0.3) is 0 Å². The second kappa shape index (κ2) is 9.35. The van der Waals surface area contributed by atoms with Crippen molar-refractivity contribution < 1.29 is 8.83 Å². The van der Waals surface area contributed by atoms with Crippen molar-refractivity contribution in [1.82, 2.24) is 0 Å². The van der Waals surface area contributed by atoms with E-state index < -0.39 is 11.3 Å². The molecule has 0 unspecified atom stereocenters. The molecule has 4 aromatic carbocycles. The number of rotatable bonds is 4. The molecule has 0 atom stereocenters. The SMILES string of the molecule is C=Cc1c(-c2cc3ccccc3oc2=O)ccc(-c2cc3c(ccc4cc(C(C)(C)C)ccc43)oc2=O)c1C=C. The molecule has 0 aliphatic carbocycles. The molecular weight excluding hydrogens is 496 g/mol. The summed E-state index contributed by atoms with van der Waals surface area (Å²) in [6.07, 6.45) is 3.36. The van der Waals surface area contributed by atoms with Crippen molar-refractivity contribution in [2.24, 2.45) is 0 Å². The van der Waals surface area contributed by atoms with Gasteiger partial charge in [0, 0.05) is 10.8 Å². The van der Waals surface area contributed by atoms with E-state index in [1.807, 2.05) is 54.6 Å². The predicted molar refractivity (Wildman–Crippen MR) is 166 cm³/mol. The highest BCUT2D eigenvalue weighted by molar-refractivity contribution is 6.07. The van der Waals surface area contributed by atoms with E-state index in [1.165, 1.54) is 5.56 Å². The van der Waals surface area contributed by atoms with Crippen LogP contribution in [0.1, 0.15) is 37.5 Å². The molecule has 40 heavy (non-hydrogen) atoms. The fourth-order valence-electron chi connectivity index (χ4n) is 5.38. The second-order valence-corrected chi connectivity index (χ2v) is 11.0. The van der Waals surface area contributed by atoms with Crippen molar-refractivity contribution in [1.29, 1.82) is 0 Å². The highest BCUT2D eigenvalue weighted by Gasteiger charge is 2.20. The number of hydrogen-bond acceptors (Lipinski definition) is 4. The Balaban J connectivity index is 1.59. The first-order valence-electron chi connectivity index (χ1n) is 13.2. The Morgan fingerprint density at radius 1 is 0.600 bits per heavy atom. The molecule has 2 heterocycles. The minimum atomic E-state index is -0.450. The molecule has 0 fully saturated rings. The molecule has 6 aromatic rings. The lowest BCUT2D eigenvalue weighted by Crippen LogP contribution is -2.10. The largest absolute Gasteiger partial charge is 0.422 e. The average Bonchev–Trinajstić information content (AvgIpc) is 2.94. The van der Waals surface area contributed by atoms with Crippen LogP contribution in [0.15, 0.2) is 110 Å². The van der Waals surface area contributed by atoms with Gasteiger partial charge in [-0.25, -0.2) is 9.59 Å². The van der Waals surface area contributed by atoms with Crippen molar-refractivity contribution in [2.45, 2.75) is 26.2 Å². The second-order valence-electron chi connectivity index (χ2n) is 11.0. The summed E-state index contributed by atoms with van der Waals surface area (Å²) in [5.41, 5.74) is 4.89. The summed E-state index contributed by atoms with van der Waals surface area (Å²) >= 11 is 0. The highest BCUT2D eigenvalue weighted by atomic mass is 16.4. The van der Waals surface area contributed by atoms with Gasteiger partial charge in [0.2, 0.25) is 0 Å².